The quantitative estimate of drug-likeness (QED) is 0.850. The number of hydrogen-bond acceptors (Lipinski definition) is 6. The Hall–Kier alpha value is -2.15. The van der Waals surface area contributed by atoms with E-state index in [0.717, 1.165) is 50.0 Å². The van der Waals surface area contributed by atoms with Gasteiger partial charge in [0.25, 0.3) is 5.56 Å². The van der Waals surface area contributed by atoms with Crippen LogP contribution in [-0.2, 0) is 6.54 Å². The van der Waals surface area contributed by atoms with Crippen molar-refractivity contribution < 1.29 is 4.52 Å². The highest BCUT2D eigenvalue weighted by Gasteiger charge is 2.21. The molecule has 1 saturated heterocycles. The summed E-state index contributed by atoms with van der Waals surface area (Å²) in [6, 6.07) is 3.50. The first-order valence-corrected chi connectivity index (χ1v) is 8.44. The number of hydrogen-bond donors (Lipinski definition) is 0. The lowest BCUT2D eigenvalue weighted by Gasteiger charge is -2.35. The summed E-state index contributed by atoms with van der Waals surface area (Å²) in [7, 11) is 0. The lowest BCUT2D eigenvalue weighted by molar-refractivity contribution is 0.247. The molecule has 0 bridgehead atoms. The molecule has 7 heteroatoms. The fourth-order valence-electron chi connectivity index (χ4n) is 3.04. The van der Waals surface area contributed by atoms with E-state index in [-0.39, 0.29) is 11.6 Å². The van der Waals surface area contributed by atoms with Crippen molar-refractivity contribution in [3.63, 3.8) is 0 Å². The van der Waals surface area contributed by atoms with Gasteiger partial charge in [-0.2, -0.15) is 5.10 Å². The van der Waals surface area contributed by atoms with Crippen LogP contribution < -0.4 is 10.5 Å². The van der Waals surface area contributed by atoms with Crippen molar-refractivity contribution in [2.75, 3.05) is 31.1 Å². The molecular formula is C17H25N5O2. The highest BCUT2D eigenvalue weighted by atomic mass is 16.5. The van der Waals surface area contributed by atoms with Gasteiger partial charge >= 0.3 is 0 Å². The Labute approximate surface area is 141 Å². The van der Waals surface area contributed by atoms with E-state index in [9.17, 15) is 4.79 Å². The molecule has 2 aromatic heterocycles. The SMILES string of the molecule is Cc1noc(C)c1CN1CCN(c2ccc(=O)n(C(C)C)n2)CC1. The Kier molecular flexibility index (Phi) is 4.71. The Morgan fingerprint density at radius 1 is 1.17 bits per heavy atom. The lowest BCUT2D eigenvalue weighted by atomic mass is 10.2. The van der Waals surface area contributed by atoms with Gasteiger partial charge in [0.2, 0.25) is 0 Å². The number of anilines is 1. The molecule has 3 heterocycles. The summed E-state index contributed by atoms with van der Waals surface area (Å²) in [5, 5.41) is 8.54. The molecule has 0 unspecified atom stereocenters. The van der Waals surface area contributed by atoms with Gasteiger partial charge in [0.1, 0.15) is 11.6 Å². The molecule has 0 aliphatic carbocycles. The summed E-state index contributed by atoms with van der Waals surface area (Å²) in [5.74, 6) is 1.78. The van der Waals surface area contributed by atoms with Crippen LogP contribution in [0.25, 0.3) is 0 Å². The zero-order valence-electron chi connectivity index (χ0n) is 14.8. The van der Waals surface area contributed by atoms with Gasteiger partial charge in [-0.25, -0.2) is 4.68 Å². The van der Waals surface area contributed by atoms with E-state index in [4.69, 9.17) is 4.52 Å². The van der Waals surface area contributed by atoms with Crippen LogP contribution in [-0.4, -0.2) is 46.0 Å². The molecule has 0 atom stereocenters. The van der Waals surface area contributed by atoms with Crippen LogP contribution in [0.1, 0.15) is 36.9 Å². The highest BCUT2D eigenvalue weighted by molar-refractivity contribution is 5.37. The van der Waals surface area contributed by atoms with Gasteiger partial charge in [-0.05, 0) is 33.8 Å². The van der Waals surface area contributed by atoms with Crippen LogP contribution in [0.5, 0.6) is 0 Å². The van der Waals surface area contributed by atoms with Gasteiger partial charge in [-0.1, -0.05) is 5.16 Å². The normalized spacial score (nSPS) is 16.1. The molecule has 0 amide bonds. The van der Waals surface area contributed by atoms with Gasteiger partial charge in [0, 0.05) is 44.4 Å². The molecule has 0 N–H and O–H groups in total. The minimum Gasteiger partial charge on any atom is -0.361 e. The van der Waals surface area contributed by atoms with Crippen LogP contribution in [0.15, 0.2) is 21.5 Å². The molecular weight excluding hydrogens is 306 g/mol. The Morgan fingerprint density at radius 2 is 1.88 bits per heavy atom. The third kappa shape index (κ3) is 3.36. The molecule has 3 rings (SSSR count). The topological polar surface area (TPSA) is 67.4 Å². The molecule has 0 aromatic carbocycles. The second-order valence-corrected chi connectivity index (χ2v) is 6.63. The van der Waals surface area contributed by atoms with E-state index in [2.05, 4.69) is 20.1 Å². The van der Waals surface area contributed by atoms with Crippen LogP contribution >= 0.6 is 0 Å². The lowest BCUT2D eigenvalue weighted by Crippen LogP contribution is -2.46. The average Bonchev–Trinajstić information content (AvgIpc) is 2.88. The average molecular weight is 331 g/mol. The van der Waals surface area contributed by atoms with Crippen molar-refractivity contribution in [2.24, 2.45) is 0 Å². The van der Waals surface area contributed by atoms with Crippen molar-refractivity contribution in [1.29, 1.82) is 0 Å². The second kappa shape index (κ2) is 6.76. The molecule has 0 radical (unpaired) electrons. The maximum absolute atomic E-state index is 11.8. The molecule has 1 aliphatic heterocycles. The number of rotatable bonds is 4. The maximum Gasteiger partial charge on any atom is 0.267 e. The van der Waals surface area contributed by atoms with E-state index in [1.807, 2.05) is 33.8 Å². The summed E-state index contributed by atoms with van der Waals surface area (Å²) in [4.78, 5) is 16.5. The Balaban J connectivity index is 1.65. The van der Waals surface area contributed by atoms with E-state index in [1.165, 1.54) is 5.56 Å². The zero-order chi connectivity index (χ0) is 17.3. The van der Waals surface area contributed by atoms with Gasteiger partial charge in [-0.3, -0.25) is 9.69 Å². The Bertz CT molecular complexity index is 737. The number of piperazine rings is 1. The molecule has 24 heavy (non-hydrogen) atoms. The van der Waals surface area contributed by atoms with E-state index >= 15 is 0 Å². The van der Waals surface area contributed by atoms with Gasteiger partial charge in [0.05, 0.1) is 11.7 Å². The first-order valence-electron chi connectivity index (χ1n) is 8.44. The van der Waals surface area contributed by atoms with Crippen molar-refractivity contribution in [1.82, 2.24) is 19.8 Å². The predicted molar refractivity (Wildman–Crippen MR) is 92.3 cm³/mol. The second-order valence-electron chi connectivity index (χ2n) is 6.63. The standard InChI is InChI=1S/C17H25N5O2/c1-12(2)22-17(23)6-5-16(18-22)21-9-7-20(8-10-21)11-15-13(3)19-24-14(15)4/h5-6,12H,7-11H2,1-4H3. The van der Waals surface area contributed by atoms with Crippen LogP contribution in [0, 0.1) is 13.8 Å². The van der Waals surface area contributed by atoms with Crippen LogP contribution in [0.2, 0.25) is 0 Å². The predicted octanol–water partition coefficient (Wildman–Crippen LogP) is 1.75. The number of aromatic nitrogens is 3. The van der Waals surface area contributed by atoms with Crippen molar-refractivity contribution in [3.05, 3.63) is 39.5 Å². The first-order chi connectivity index (χ1) is 11.5. The fourth-order valence-corrected chi connectivity index (χ4v) is 3.04. The maximum atomic E-state index is 11.8. The number of nitrogens with zero attached hydrogens (tertiary/aromatic N) is 5. The molecule has 2 aromatic rings. The summed E-state index contributed by atoms with van der Waals surface area (Å²) in [6.45, 7) is 12.5. The highest BCUT2D eigenvalue weighted by Crippen LogP contribution is 2.18. The van der Waals surface area contributed by atoms with E-state index < -0.39 is 0 Å². The molecule has 130 valence electrons. The first kappa shape index (κ1) is 16.7. The molecule has 1 aliphatic rings. The smallest absolute Gasteiger partial charge is 0.267 e. The third-order valence-electron chi connectivity index (χ3n) is 4.56. The molecule has 1 fully saturated rings. The minimum absolute atomic E-state index is 0.0502. The summed E-state index contributed by atoms with van der Waals surface area (Å²) < 4.78 is 6.79. The Morgan fingerprint density at radius 3 is 2.46 bits per heavy atom. The van der Waals surface area contributed by atoms with Crippen molar-refractivity contribution in [3.8, 4) is 0 Å². The van der Waals surface area contributed by atoms with Crippen molar-refractivity contribution >= 4 is 5.82 Å². The van der Waals surface area contributed by atoms with Gasteiger partial charge in [0.15, 0.2) is 0 Å². The summed E-state index contributed by atoms with van der Waals surface area (Å²) >= 11 is 0. The summed E-state index contributed by atoms with van der Waals surface area (Å²) in [6.07, 6.45) is 0. The molecule has 0 spiro atoms. The van der Waals surface area contributed by atoms with Crippen LogP contribution in [0.4, 0.5) is 5.82 Å². The largest absolute Gasteiger partial charge is 0.361 e. The van der Waals surface area contributed by atoms with Gasteiger partial charge in [-0.15, -0.1) is 0 Å². The number of aryl methyl sites for hydroxylation is 2. The van der Waals surface area contributed by atoms with Crippen LogP contribution in [0.3, 0.4) is 0 Å². The monoisotopic (exact) mass is 331 g/mol. The van der Waals surface area contributed by atoms with Gasteiger partial charge < -0.3 is 9.42 Å². The van der Waals surface area contributed by atoms with E-state index in [1.54, 1.807) is 10.7 Å². The van der Waals surface area contributed by atoms with E-state index in [0.29, 0.717) is 0 Å². The molecule has 7 nitrogen and oxygen atoms in total. The third-order valence-corrected chi connectivity index (χ3v) is 4.56. The fraction of sp³-hybridized carbons (Fsp3) is 0.588. The minimum atomic E-state index is -0.0502. The summed E-state index contributed by atoms with van der Waals surface area (Å²) in [5.41, 5.74) is 2.11. The van der Waals surface area contributed by atoms with Crippen molar-refractivity contribution in [2.45, 2.75) is 40.3 Å². The molecule has 0 saturated carbocycles. The zero-order valence-corrected chi connectivity index (χ0v) is 14.8.